The van der Waals surface area contributed by atoms with Crippen LogP contribution in [-0.2, 0) is 0 Å². The highest BCUT2D eigenvalue weighted by Crippen LogP contribution is 2.31. The number of aromatic nitrogens is 4. The second-order valence-corrected chi connectivity index (χ2v) is 8.22. The standard InChI is InChI=1S/C18H12Cl2N6S2/c19-12-7-6-10(8-13(12)20)14-9-27-17(22-14)25-16-23-15(21)24-18(26-16)28-11-4-2-1-3-5-11/h1-9H,(H3,21,22,23,24,25,26). The first-order chi connectivity index (χ1) is 13.6. The molecule has 6 nitrogen and oxygen atoms in total. The van der Waals surface area contributed by atoms with Gasteiger partial charge < -0.3 is 5.73 Å². The SMILES string of the molecule is Nc1nc(Nc2nc(-c3ccc(Cl)c(Cl)c3)cs2)nc(Sc2ccccc2)n1. The largest absolute Gasteiger partial charge is 0.368 e. The molecule has 140 valence electrons. The lowest BCUT2D eigenvalue weighted by Gasteiger charge is -2.05. The number of nitrogens with two attached hydrogens (primary N) is 1. The Hall–Kier alpha value is -2.39. The molecule has 2 aromatic carbocycles. The number of halogens is 2. The quantitative estimate of drug-likeness (QED) is 0.401. The molecule has 0 saturated carbocycles. The third kappa shape index (κ3) is 4.53. The van der Waals surface area contributed by atoms with Crippen LogP contribution in [0.25, 0.3) is 11.3 Å². The molecule has 28 heavy (non-hydrogen) atoms. The normalized spacial score (nSPS) is 10.8. The van der Waals surface area contributed by atoms with Crippen molar-refractivity contribution in [2.75, 3.05) is 11.1 Å². The maximum Gasteiger partial charge on any atom is 0.234 e. The van der Waals surface area contributed by atoms with Crippen LogP contribution in [0.4, 0.5) is 17.0 Å². The Kier molecular flexibility index (Phi) is 5.63. The van der Waals surface area contributed by atoms with Crippen molar-refractivity contribution < 1.29 is 0 Å². The Morgan fingerprint density at radius 2 is 1.75 bits per heavy atom. The van der Waals surface area contributed by atoms with Gasteiger partial charge in [0.15, 0.2) is 10.3 Å². The minimum absolute atomic E-state index is 0.136. The highest BCUT2D eigenvalue weighted by Gasteiger charge is 2.10. The lowest BCUT2D eigenvalue weighted by Crippen LogP contribution is -2.04. The number of nitrogen functional groups attached to an aromatic ring is 1. The van der Waals surface area contributed by atoms with Gasteiger partial charge in [0.05, 0.1) is 15.7 Å². The highest BCUT2D eigenvalue weighted by molar-refractivity contribution is 7.99. The number of nitrogens with zero attached hydrogens (tertiary/aromatic N) is 4. The van der Waals surface area contributed by atoms with Crippen molar-refractivity contribution in [1.29, 1.82) is 0 Å². The molecule has 0 aliphatic carbocycles. The van der Waals surface area contributed by atoms with Crippen molar-refractivity contribution in [1.82, 2.24) is 19.9 Å². The van der Waals surface area contributed by atoms with E-state index in [1.165, 1.54) is 23.1 Å². The fourth-order valence-electron chi connectivity index (χ4n) is 2.28. The lowest BCUT2D eigenvalue weighted by atomic mass is 10.2. The summed E-state index contributed by atoms with van der Waals surface area (Å²) in [6.45, 7) is 0. The van der Waals surface area contributed by atoms with Gasteiger partial charge in [-0.1, -0.05) is 47.5 Å². The molecule has 4 aromatic rings. The van der Waals surface area contributed by atoms with E-state index in [9.17, 15) is 0 Å². The lowest BCUT2D eigenvalue weighted by molar-refractivity contribution is 0.924. The molecule has 0 atom stereocenters. The topological polar surface area (TPSA) is 89.6 Å². The summed E-state index contributed by atoms with van der Waals surface area (Å²) in [6.07, 6.45) is 0. The Bertz CT molecular complexity index is 1120. The maximum absolute atomic E-state index is 6.09. The van der Waals surface area contributed by atoms with Gasteiger partial charge in [-0.3, -0.25) is 5.32 Å². The molecule has 3 N–H and O–H groups in total. The van der Waals surface area contributed by atoms with Crippen molar-refractivity contribution in [3.05, 3.63) is 64.0 Å². The zero-order chi connectivity index (χ0) is 19.5. The van der Waals surface area contributed by atoms with Crippen molar-refractivity contribution >= 4 is 63.3 Å². The van der Waals surface area contributed by atoms with E-state index in [0.29, 0.717) is 26.3 Å². The molecule has 0 bridgehead atoms. The minimum atomic E-state index is 0.136. The van der Waals surface area contributed by atoms with Gasteiger partial charge in [0, 0.05) is 15.8 Å². The van der Waals surface area contributed by atoms with Gasteiger partial charge in [0.1, 0.15) is 0 Å². The Balaban J connectivity index is 1.54. The van der Waals surface area contributed by atoms with Crippen molar-refractivity contribution in [2.45, 2.75) is 10.1 Å². The van der Waals surface area contributed by atoms with E-state index in [1.54, 1.807) is 12.1 Å². The average molecular weight is 447 g/mol. The molecule has 0 spiro atoms. The van der Waals surface area contributed by atoms with Gasteiger partial charge in [-0.05, 0) is 36.0 Å². The van der Waals surface area contributed by atoms with Crippen LogP contribution < -0.4 is 11.1 Å². The third-order valence-corrected chi connectivity index (χ3v) is 5.89. The van der Waals surface area contributed by atoms with E-state index in [-0.39, 0.29) is 5.95 Å². The van der Waals surface area contributed by atoms with Crippen LogP contribution in [0, 0.1) is 0 Å². The first-order valence-electron chi connectivity index (χ1n) is 7.99. The highest BCUT2D eigenvalue weighted by atomic mass is 35.5. The number of anilines is 3. The monoisotopic (exact) mass is 446 g/mol. The Morgan fingerprint density at radius 1 is 0.929 bits per heavy atom. The zero-order valence-corrected chi connectivity index (χ0v) is 17.3. The Labute approximate surface area is 179 Å². The molecule has 0 radical (unpaired) electrons. The van der Waals surface area contributed by atoms with Crippen LogP contribution in [0.5, 0.6) is 0 Å². The van der Waals surface area contributed by atoms with Crippen LogP contribution in [0.3, 0.4) is 0 Å². The molecule has 2 aromatic heterocycles. The second kappa shape index (κ2) is 8.32. The summed E-state index contributed by atoms with van der Waals surface area (Å²) in [5.41, 5.74) is 7.47. The molecular formula is C18H12Cl2N6S2. The van der Waals surface area contributed by atoms with E-state index in [0.717, 1.165) is 16.2 Å². The summed E-state index contributed by atoms with van der Waals surface area (Å²) in [6, 6.07) is 15.2. The van der Waals surface area contributed by atoms with Crippen molar-refractivity contribution in [3.63, 3.8) is 0 Å². The zero-order valence-electron chi connectivity index (χ0n) is 14.1. The number of thiazole rings is 1. The van der Waals surface area contributed by atoms with Crippen LogP contribution >= 0.6 is 46.3 Å². The predicted octanol–water partition coefficient (Wildman–Crippen LogP) is 5.78. The second-order valence-electron chi connectivity index (χ2n) is 5.51. The van der Waals surface area contributed by atoms with E-state index in [2.05, 4.69) is 25.3 Å². The third-order valence-electron chi connectivity index (χ3n) is 3.52. The Morgan fingerprint density at radius 3 is 2.54 bits per heavy atom. The first-order valence-corrected chi connectivity index (χ1v) is 10.4. The summed E-state index contributed by atoms with van der Waals surface area (Å²) >= 11 is 14.9. The summed E-state index contributed by atoms with van der Waals surface area (Å²) in [5.74, 6) is 0.471. The average Bonchev–Trinajstić information content (AvgIpc) is 3.13. The van der Waals surface area contributed by atoms with Crippen LogP contribution in [0.1, 0.15) is 0 Å². The van der Waals surface area contributed by atoms with Crippen molar-refractivity contribution in [3.8, 4) is 11.3 Å². The number of hydrogen-bond donors (Lipinski definition) is 2. The van der Waals surface area contributed by atoms with Crippen LogP contribution in [-0.4, -0.2) is 19.9 Å². The van der Waals surface area contributed by atoms with Gasteiger partial charge in [-0.2, -0.15) is 15.0 Å². The predicted molar refractivity (Wildman–Crippen MR) is 116 cm³/mol. The van der Waals surface area contributed by atoms with E-state index < -0.39 is 0 Å². The smallest absolute Gasteiger partial charge is 0.234 e. The molecule has 0 unspecified atom stereocenters. The molecule has 10 heteroatoms. The van der Waals surface area contributed by atoms with Gasteiger partial charge in [0.25, 0.3) is 0 Å². The molecule has 2 heterocycles. The maximum atomic E-state index is 6.09. The van der Waals surface area contributed by atoms with Gasteiger partial charge in [-0.25, -0.2) is 4.98 Å². The molecule has 0 aliphatic heterocycles. The fraction of sp³-hybridized carbons (Fsp3) is 0. The summed E-state index contributed by atoms with van der Waals surface area (Å²) in [4.78, 5) is 18.3. The van der Waals surface area contributed by atoms with E-state index in [4.69, 9.17) is 28.9 Å². The van der Waals surface area contributed by atoms with Crippen molar-refractivity contribution in [2.24, 2.45) is 0 Å². The number of nitrogens with one attached hydrogen (secondary N) is 1. The van der Waals surface area contributed by atoms with E-state index in [1.807, 2.05) is 41.8 Å². The number of benzene rings is 2. The minimum Gasteiger partial charge on any atom is -0.368 e. The number of rotatable bonds is 5. The molecule has 0 fully saturated rings. The molecular weight excluding hydrogens is 435 g/mol. The van der Waals surface area contributed by atoms with Crippen LogP contribution in [0.2, 0.25) is 10.0 Å². The van der Waals surface area contributed by atoms with Gasteiger partial charge in [-0.15, -0.1) is 11.3 Å². The van der Waals surface area contributed by atoms with Crippen LogP contribution in [0.15, 0.2) is 64.0 Å². The summed E-state index contributed by atoms with van der Waals surface area (Å²) < 4.78 is 0. The first kappa shape index (κ1) is 18.9. The fourth-order valence-corrected chi connectivity index (χ4v) is 4.07. The van der Waals surface area contributed by atoms with Gasteiger partial charge >= 0.3 is 0 Å². The summed E-state index contributed by atoms with van der Waals surface area (Å²) in [7, 11) is 0. The van der Waals surface area contributed by atoms with Gasteiger partial charge in [0.2, 0.25) is 11.9 Å². The molecule has 0 saturated heterocycles. The number of hydrogen-bond acceptors (Lipinski definition) is 8. The van der Waals surface area contributed by atoms with E-state index >= 15 is 0 Å². The molecule has 4 rings (SSSR count). The molecule has 0 aliphatic rings. The molecule has 0 amide bonds. The summed E-state index contributed by atoms with van der Waals surface area (Å²) in [5, 5.41) is 7.10.